The zero-order valence-corrected chi connectivity index (χ0v) is 12.1. The van der Waals surface area contributed by atoms with Gasteiger partial charge in [-0.05, 0) is 38.1 Å². The number of benzene rings is 1. The molecule has 19 heavy (non-hydrogen) atoms. The molecule has 1 N–H and O–H groups in total. The van der Waals surface area contributed by atoms with Gasteiger partial charge in [0.05, 0.1) is 23.9 Å². The molecular weight excluding hydrogens is 263 g/mol. The first-order valence-corrected chi connectivity index (χ1v) is 6.93. The molecule has 0 saturated heterocycles. The predicted octanol–water partition coefficient (Wildman–Crippen LogP) is 3.10. The number of nitrogens with one attached hydrogen (secondary N) is 1. The van der Waals surface area contributed by atoms with E-state index in [1.165, 1.54) is 13.2 Å². The summed E-state index contributed by atoms with van der Waals surface area (Å²) in [5, 5.41) is 6.29. The first-order valence-electron chi connectivity index (χ1n) is 6.05. The Hall–Kier alpha value is -1.46. The summed E-state index contributed by atoms with van der Waals surface area (Å²) in [6.07, 6.45) is 0.695. The number of hydrogen-bond acceptors (Lipinski definition) is 4. The molecule has 0 radical (unpaired) electrons. The van der Waals surface area contributed by atoms with Gasteiger partial charge in [-0.15, -0.1) is 11.3 Å². The van der Waals surface area contributed by atoms with Gasteiger partial charge in [0.25, 0.3) is 0 Å². The summed E-state index contributed by atoms with van der Waals surface area (Å²) in [5.74, 6) is -0.0569. The summed E-state index contributed by atoms with van der Waals surface area (Å²) >= 11 is 1.62. The number of halogens is 1. The molecule has 1 aromatic heterocycles. The van der Waals surface area contributed by atoms with E-state index < -0.39 is 0 Å². The fraction of sp³-hybridized carbons (Fsp3) is 0.357. The highest BCUT2D eigenvalue weighted by molar-refractivity contribution is 7.09. The Bertz CT molecular complexity index is 556. The third-order valence-electron chi connectivity index (χ3n) is 3.00. The van der Waals surface area contributed by atoms with E-state index in [1.807, 2.05) is 25.4 Å². The van der Waals surface area contributed by atoms with Crippen LogP contribution in [-0.2, 0) is 6.42 Å². The van der Waals surface area contributed by atoms with Crippen molar-refractivity contribution in [2.45, 2.75) is 19.4 Å². The van der Waals surface area contributed by atoms with Gasteiger partial charge in [-0.3, -0.25) is 0 Å². The number of methoxy groups -OCH3 is 1. The Kier molecular flexibility index (Phi) is 4.50. The minimum Gasteiger partial charge on any atom is -0.494 e. The Morgan fingerprint density at radius 3 is 2.79 bits per heavy atom. The van der Waals surface area contributed by atoms with E-state index in [-0.39, 0.29) is 17.6 Å². The van der Waals surface area contributed by atoms with Crippen LogP contribution in [0.4, 0.5) is 4.39 Å². The first kappa shape index (κ1) is 14.0. The Morgan fingerprint density at radius 1 is 1.47 bits per heavy atom. The third-order valence-corrected chi connectivity index (χ3v) is 3.79. The molecule has 0 aliphatic heterocycles. The van der Waals surface area contributed by atoms with Gasteiger partial charge in [-0.1, -0.05) is 6.07 Å². The molecule has 1 aromatic carbocycles. The summed E-state index contributed by atoms with van der Waals surface area (Å²) in [6.45, 7) is 1.98. The van der Waals surface area contributed by atoms with E-state index in [4.69, 9.17) is 4.74 Å². The van der Waals surface area contributed by atoms with Crippen molar-refractivity contribution >= 4 is 11.3 Å². The van der Waals surface area contributed by atoms with E-state index in [9.17, 15) is 4.39 Å². The average molecular weight is 280 g/mol. The van der Waals surface area contributed by atoms with E-state index in [0.717, 1.165) is 16.3 Å². The van der Waals surface area contributed by atoms with E-state index >= 15 is 0 Å². The molecule has 0 fully saturated rings. The summed E-state index contributed by atoms with van der Waals surface area (Å²) in [4.78, 5) is 4.47. The van der Waals surface area contributed by atoms with Crippen LogP contribution in [0.15, 0.2) is 23.6 Å². The van der Waals surface area contributed by atoms with Crippen molar-refractivity contribution in [3.63, 3.8) is 0 Å². The number of rotatable bonds is 5. The molecule has 102 valence electrons. The molecule has 3 nitrogen and oxygen atoms in total. The maximum atomic E-state index is 13.7. The van der Waals surface area contributed by atoms with Crippen LogP contribution in [0.3, 0.4) is 0 Å². The number of ether oxygens (including phenoxy) is 1. The van der Waals surface area contributed by atoms with Crippen molar-refractivity contribution in [3.8, 4) is 5.75 Å². The van der Waals surface area contributed by atoms with Gasteiger partial charge in [0, 0.05) is 5.38 Å². The van der Waals surface area contributed by atoms with E-state index in [0.29, 0.717) is 6.42 Å². The molecule has 2 rings (SSSR count). The highest BCUT2D eigenvalue weighted by atomic mass is 32.1. The number of thiazole rings is 1. The fourth-order valence-electron chi connectivity index (χ4n) is 1.97. The molecule has 0 saturated carbocycles. The lowest BCUT2D eigenvalue weighted by molar-refractivity contribution is 0.386. The lowest BCUT2D eigenvalue weighted by Gasteiger charge is -2.14. The van der Waals surface area contributed by atoms with E-state index in [1.54, 1.807) is 17.4 Å². The molecule has 0 bridgehead atoms. The predicted molar refractivity (Wildman–Crippen MR) is 75.3 cm³/mol. The van der Waals surface area contributed by atoms with Gasteiger partial charge in [0.15, 0.2) is 11.6 Å². The SMILES string of the molecule is CNC(Cc1ccc(OC)c(F)c1)c1csc(C)n1. The molecule has 0 spiro atoms. The zero-order valence-electron chi connectivity index (χ0n) is 11.2. The van der Waals surface area contributed by atoms with Crippen molar-refractivity contribution in [2.24, 2.45) is 0 Å². The van der Waals surface area contributed by atoms with Crippen LogP contribution in [0.1, 0.15) is 22.3 Å². The normalized spacial score (nSPS) is 12.4. The van der Waals surface area contributed by atoms with Crippen LogP contribution in [0.25, 0.3) is 0 Å². The second-order valence-corrected chi connectivity index (χ2v) is 5.37. The monoisotopic (exact) mass is 280 g/mol. The minimum atomic E-state index is -0.329. The number of aromatic nitrogens is 1. The molecule has 0 amide bonds. The standard InChI is InChI=1S/C14H17FN2OS/c1-9-17-13(8-19-9)12(16-2)7-10-4-5-14(18-3)11(15)6-10/h4-6,8,12,16H,7H2,1-3H3. The van der Waals surface area contributed by atoms with Crippen molar-refractivity contribution in [1.29, 1.82) is 0 Å². The highest BCUT2D eigenvalue weighted by Crippen LogP contribution is 2.23. The van der Waals surface area contributed by atoms with Gasteiger partial charge < -0.3 is 10.1 Å². The lowest BCUT2D eigenvalue weighted by Crippen LogP contribution is -2.19. The Balaban J connectivity index is 2.16. The van der Waals surface area contributed by atoms with Crippen molar-refractivity contribution in [3.05, 3.63) is 45.7 Å². The van der Waals surface area contributed by atoms with Crippen LogP contribution in [0, 0.1) is 12.7 Å². The molecule has 5 heteroatoms. The largest absolute Gasteiger partial charge is 0.494 e. The maximum absolute atomic E-state index is 13.7. The Morgan fingerprint density at radius 2 is 2.26 bits per heavy atom. The van der Waals surface area contributed by atoms with Gasteiger partial charge >= 0.3 is 0 Å². The number of aryl methyl sites for hydroxylation is 1. The second kappa shape index (κ2) is 6.12. The molecule has 2 aromatic rings. The highest BCUT2D eigenvalue weighted by Gasteiger charge is 2.14. The average Bonchev–Trinajstić information content (AvgIpc) is 2.82. The van der Waals surface area contributed by atoms with Crippen LogP contribution < -0.4 is 10.1 Å². The van der Waals surface area contributed by atoms with Gasteiger partial charge in [-0.2, -0.15) is 0 Å². The van der Waals surface area contributed by atoms with Crippen LogP contribution >= 0.6 is 11.3 Å². The van der Waals surface area contributed by atoms with Gasteiger partial charge in [0.1, 0.15) is 0 Å². The van der Waals surface area contributed by atoms with Crippen LogP contribution in [0.5, 0.6) is 5.75 Å². The van der Waals surface area contributed by atoms with Crippen molar-refractivity contribution < 1.29 is 9.13 Å². The summed E-state index contributed by atoms with van der Waals surface area (Å²) in [5.41, 5.74) is 1.92. The number of likely N-dealkylation sites (N-methyl/N-ethyl adjacent to an activating group) is 1. The van der Waals surface area contributed by atoms with E-state index in [2.05, 4.69) is 10.3 Å². The molecule has 1 atom stereocenters. The number of hydrogen-bond donors (Lipinski definition) is 1. The second-order valence-electron chi connectivity index (χ2n) is 4.31. The first-order chi connectivity index (χ1) is 9.13. The summed E-state index contributed by atoms with van der Waals surface area (Å²) in [7, 11) is 3.35. The van der Waals surface area contributed by atoms with Crippen molar-refractivity contribution in [1.82, 2.24) is 10.3 Å². The van der Waals surface area contributed by atoms with Gasteiger partial charge in [0.2, 0.25) is 0 Å². The summed E-state index contributed by atoms with van der Waals surface area (Å²) < 4.78 is 18.6. The topological polar surface area (TPSA) is 34.1 Å². The summed E-state index contributed by atoms with van der Waals surface area (Å²) in [6, 6.07) is 5.15. The number of nitrogens with zero attached hydrogens (tertiary/aromatic N) is 1. The molecule has 1 heterocycles. The lowest BCUT2D eigenvalue weighted by atomic mass is 10.0. The zero-order chi connectivity index (χ0) is 13.8. The quantitative estimate of drug-likeness (QED) is 0.914. The molecular formula is C14H17FN2OS. The van der Waals surface area contributed by atoms with Crippen LogP contribution in [-0.4, -0.2) is 19.1 Å². The fourth-order valence-corrected chi connectivity index (χ4v) is 2.63. The molecule has 0 aliphatic rings. The Labute approximate surface area is 116 Å². The molecule has 0 aliphatic carbocycles. The van der Waals surface area contributed by atoms with Gasteiger partial charge in [-0.25, -0.2) is 9.37 Å². The maximum Gasteiger partial charge on any atom is 0.165 e. The van der Waals surface area contributed by atoms with Crippen LogP contribution in [0.2, 0.25) is 0 Å². The minimum absolute atomic E-state index is 0.0951. The smallest absolute Gasteiger partial charge is 0.165 e. The third kappa shape index (κ3) is 3.30. The van der Waals surface area contributed by atoms with Crippen molar-refractivity contribution in [2.75, 3.05) is 14.2 Å². The molecule has 1 unspecified atom stereocenters.